The van der Waals surface area contributed by atoms with Gasteiger partial charge in [-0.3, -0.25) is 0 Å². The molecule has 0 aliphatic heterocycles. The summed E-state index contributed by atoms with van der Waals surface area (Å²) in [5.41, 5.74) is 0. The van der Waals surface area contributed by atoms with Crippen LogP contribution < -0.4 is 0 Å². The third kappa shape index (κ3) is 19.2. The molecule has 54 valence electrons. The lowest BCUT2D eigenvalue weighted by molar-refractivity contribution is -0.145. The summed E-state index contributed by atoms with van der Waals surface area (Å²) in [7, 11) is 0. The van der Waals surface area contributed by atoms with Crippen LogP contribution in [0.5, 0.6) is 0 Å². The first kappa shape index (κ1) is 11.0. The van der Waals surface area contributed by atoms with Gasteiger partial charge in [0.15, 0.2) is 0 Å². The highest BCUT2D eigenvalue weighted by atomic mass is 16.4. The van der Waals surface area contributed by atoms with Crippen LogP contribution in [0.3, 0.4) is 0 Å². The van der Waals surface area contributed by atoms with Crippen molar-refractivity contribution in [3.8, 4) is 0 Å². The van der Waals surface area contributed by atoms with E-state index in [0.717, 1.165) is 6.29 Å². The van der Waals surface area contributed by atoms with Crippen molar-refractivity contribution < 1.29 is 19.8 Å². The monoisotopic (exact) mass is 134 g/mol. The van der Waals surface area contributed by atoms with Gasteiger partial charge >= 0.3 is 5.97 Å². The molecule has 0 aromatic rings. The van der Waals surface area contributed by atoms with E-state index in [4.69, 9.17) is 15.0 Å². The minimum Gasteiger partial charge on any atom is -0.479 e. The molecule has 0 aromatic heterocycles. The normalized spacial score (nSPS) is 10.6. The lowest BCUT2D eigenvalue weighted by Gasteiger charge is -1.89. The number of carbonyl (C=O) groups excluding carboxylic acids is 1. The Balaban J connectivity index is 0. The van der Waals surface area contributed by atoms with Crippen molar-refractivity contribution in [1.82, 2.24) is 0 Å². The standard InChI is InChI=1S/C3H6O3.C2H4O/c1-2(4)3(5)6;1-2-3/h2,4H,1H3,(H,5,6);2H,1H3/t2-;/m0./s1. The maximum Gasteiger partial charge on any atom is 0.332 e. The number of aliphatic hydroxyl groups is 1. The van der Waals surface area contributed by atoms with Crippen molar-refractivity contribution in [1.29, 1.82) is 0 Å². The number of carboxylic acid groups (broad SMARTS) is 1. The number of hydrogen-bond donors (Lipinski definition) is 2. The zero-order valence-corrected chi connectivity index (χ0v) is 5.37. The van der Waals surface area contributed by atoms with Crippen molar-refractivity contribution in [2.45, 2.75) is 20.0 Å². The fourth-order valence-electron chi connectivity index (χ4n) is 0. The van der Waals surface area contributed by atoms with Gasteiger partial charge in [-0.15, -0.1) is 0 Å². The van der Waals surface area contributed by atoms with Gasteiger partial charge in [0.25, 0.3) is 0 Å². The molecule has 0 aliphatic carbocycles. The third-order valence-corrected chi connectivity index (χ3v) is 0.357. The minimum absolute atomic E-state index is 0.750. The summed E-state index contributed by atoms with van der Waals surface area (Å²) < 4.78 is 0. The molecule has 0 aromatic carbocycles. The van der Waals surface area contributed by atoms with Gasteiger partial charge in [0, 0.05) is 0 Å². The van der Waals surface area contributed by atoms with E-state index in [2.05, 4.69) is 0 Å². The summed E-state index contributed by atoms with van der Waals surface area (Å²) in [4.78, 5) is 18.3. The van der Waals surface area contributed by atoms with Crippen LogP contribution in [0.4, 0.5) is 0 Å². The maximum absolute atomic E-state index is 9.45. The zero-order valence-electron chi connectivity index (χ0n) is 5.37. The summed E-state index contributed by atoms with van der Waals surface area (Å²) in [6.07, 6.45) is -0.481. The molecule has 9 heavy (non-hydrogen) atoms. The van der Waals surface area contributed by atoms with Crippen molar-refractivity contribution in [2.24, 2.45) is 0 Å². The molecule has 0 radical (unpaired) electrons. The summed E-state index contributed by atoms with van der Waals surface area (Å²) in [6.45, 7) is 2.64. The van der Waals surface area contributed by atoms with Crippen LogP contribution in [0.25, 0.3) is 0 Å². The van der Waals surface area contributed by atoms with Crippen LogP contribution in [-0.4, -0.2) is 28.6 Å². The number of carbonyl (C=O) groups is 2. The van der Waals surface area contributed by atoms with Gasteiger partial charge in [-0.25, -0.2) is 4.79 Å². The van der Waals surface area contributed by atoms with Crippen LogP contribution in [0.2, 0.25) is 0 Å². The molecule has 4 heteroatoms. The van der Waals surface area contributed by atoms with Gasteiger partial charge in [0.05, 0.1) is 0 Å². The molecule has 2 N–H and O–H groups in total. The Morgan fingerprint density at radius 1 is 1.67 bits per heavy atom. The number of rotatable bonds is 1. The predicted molar refractivity (Wildman–Crippen MR) is 31.1 cm³/mol. The highest BCUT2D eigenvalue weighted by Crippen LogP contribution is 1.73. The van der Waals surface area contributed by atoms with Gasteiger partial charge < -0.3 is 15.0 Å². The van der Waals surface area contributed by atoms with E-state index in [1.807, 2.05) is 0 Å². The van der Waals surface area contributed by atoms with Gasteiger partial charge in [-0.2, -0.15) is 0 Å². The zero-order chi connectivity index (χ0) is 7.86. The molecule has 0 unspecified atom stereocenters. The molecule has 4 nitrogen and oxygen atoms in total. The smallest absolute Gasteiger partial charge is 0.332 e. The summed E-state index contributed by atoms with van der Waals surface area (Å²) in [6, 6.07) is 0. The first-order chi connectivity index (χ1) is 4.06. The topological polar surface area (TPSA) is 74.6 Å². The van der Waals surface area contributed by atoms with E-state index in [1.165, 1.54) is 13.8 Å². The number of aliphatic carboxylic acids is 1. The number of carboxylic acids is 1. The van der Waals surface area contributed by atoms with Gasteiger partial charge in [-0.1, -0.05) is 0 Å². The highest BCUT2D eigenvalue weighted by molar-refractivity contribution is 5.71. The summed E-state index contributed by atoms with van der Waals surface area (Å²) in [5, 5.41) is 15.8. The van der Waals surface area contributed by atoms with E-state index >= 15 is 0 Å². The van der Waals surface area contributed by atoms with Crippen LogP contribution in [0, 0.1) is 0 Å². The van der Waals surface area contributed by atoms with Crippen LogP contribution in [-0.2, 0) is 9.59 Å². The number of hydrogen-bond acceptors (Lipinski definition) is 3. The van der Waals surface area contributed by atoms with Gasteiger partial charge in [0.2, 0.25) is 0 Å². The van der Waals surface area contributed by atoms with E-state index in [0.29, 0.717) is 0 Å². The lowest BCUT2D eigenvalue weighted by Crippen LogP contribution is -2.13. The van der Waals surface area contributed by atoms with Crippen LogP contribution in [0.15, 0.2) is 0 Å². The molecule has 1 atom stereocenters. The molecule has 0 saturated heterocycles. The first-order valence-electron chi connectivity index (χ1n) is 2.37. The quantitative estimate of drug-likeness (QED) is 0.481. The molecule has 0 bridgehead atoms. The fourth-order valence-corrected chi connectivity index (χ4v) is 0. The average molecular weight is 134 g/mol. The predicted octanol–water partition coefficient (Wildman–Crippen LogP) is -0.343. The van der Waals surface area contributed by atoms with Gasteiger partial charge in [0.1, 0.15) is 12.4 Å². The van der Waals surface area contributed by atoms with E-state index < -0.39 is 12.1 Å². The highest BCUT2D eigenvalue weighted by Gasteiger charge is 2.01. The first-order valence-corrected chi connectivity index (χ1v) is 2.37. The molecular formula is C5H10O4. The van der Waals surface area contributed by atoms with Crippen molar-refractivity contribution in [2.75, 3.05) is 0 Å². The SMILES string of the molecule is CC=O.C[C@H](O)C(=O)O. The van der Waals surface area contributed by atoms with Crippen molar-refractivity contribution in [3.05, 3.63) is 0 Å². The second-order valence-electron chi connectivity index (χ2n) is 1.25. The molecule has 0 fully saturated rings. The largest absolute Gasteiger partial charge is 0.479 e. The Morgan fingerprint density at radius 2 is 1.78 bits per heavy atom. The Morgan fingerprint density at radius 3 is 1.78 bits per heavy atom. The summed E-state index contributed by atoms with van der Waals surface area (Å²) in [5.74, 6) is -1.19. The third-order valence-electron chi connectivity index (χ3n) is 0.357. The Kier molecular flexibility index (Phi) is 8.66. The second kappa shape index (κ2) is 7.10. The van der Waals surface area contributed by atoms with E-state index in [1.54, 1.807) is 0 Å². The molecule has 0 amide bonds. The summed E-state index contributed by atoms with van der Waals surface area (Å²) >= 11 is 0. The molecule has 0 heterocycles. The molecular weight excluding hydrogens is 124 g/mol. The Labute approximate surface area is 53.1 Å². The fraction of sp³-hybridized carbons (Fsp3) is 0.600. The molecule has 0 saturated carbocycles. The van der Waals surface area contributed by atoms with Gasteiger partial charge in [-0.05, 0) is 13.8 Å². The maximum atomic E-state index is 9.45. The van der Waals surface area contributed by atoms with Crippen molar-refractivity contribution in [3.63, 3.8) is 0 Å². The molecule has 0 rings (SSSR count). The lowest BCUT2D eigenvalue weighted by atomic mass is 10.4. The molecule has 0 spiro atoms. The second-order valence-corrected chi connectivity index (χ2v) is 1.25. The minimum atomic E-state index is -1.23. The van der Waals surface area contributed by atoms with Crippen molar-refractivity contribution >= 4 is 12.3 Å². The van der Waals surface area contributed by atoms with Crippen LogP contribution >= 0.6 is 0 Å². The molecule has 0 aliphatic rings. The van der Waals surface area contributed by atoms with E-state index in [9.17, 15) is 4.79 Å². The Bertz CT molecular complexity index is 87.0. The Hall–Kier alpha value is -0.900. The number of aliphatic hydroxyl groups excluding tert-OH is 1. The average Bonchev–Trinajstić information content (AvgIpc) is 1.68. The van der Waals surface area contributed by atoms with E-state index in [-0.39, 0.29) is 0 Å². The van der Waals surface area contributed by atoms with Crippen LogP contribution in [0.1, 0.15) is 13.8 Å². The number of aldehydes is 1.